The molecule has 0 unspecified atom stereocenters. The van der Waals surface area contributed by atoms with E-state index in [0.29, 0.717) is 0 Å². The lowest BCUT2D eigenvalue weighted by Crippen LogP contribution is -2.49. The number of rotatable bonds is 5. The molecule has 1 rings (SSSR count). The quantitative estimate of drug-likeness (QED) is 0.789. The molecule has 2 atom stereocenters. The maximum Gasteiger partial charge on any atom is 0.329 e. The highest BCUT2D eigenvalue weighted by Gasteiger charge is 2.33. The Labute approximate surface area is 122 Å². The number of hydrogen-bond acceptors (Lipinski definition) is 3. The van der Waals surface area contributed by atoms with Gasteiger partial charge in [-0.1, -0.05) is 33.1 Å². The second kappa shape index (κ2) is 7.09. The molecule has 116 valence electrons. The topological polar surface area (TPSA) is 55.4 Å². The molecule has 0 bridgehead atoms. The fourth-order valence-corrected chi connectivity index (χ4v) is 2.49. The Bertz CT molecular complexity index is 340. The van der Waals surface area contributed by atoms with Crippen LogP contribution in [-0.4, -0.2) is 23.5 Å². The highest BCUT2D eigenvalue weighted by molar-refractivity contribution is 5.86. The van der Waals surface area contributed by atoms with E-state index in [1.54, 1.807) is 0 Å². The van der Waals surface area contributed by atoms with Crippen molar-refractivity contribution in [3.8, 4) is 0 Å². The van der Waals surface area contributed by atoms with Gasteiger partial charge in [-0.3, -0.25) is 4.79 Å². The summed E-state index contributed by atoms with van der Waals surface area (Å²) in [5, 5.41) is 2.92. The molecule has 4 heteroatoms. The molecule has 0 aromatic heterocycles. The van der Waals surface area contributed by atoms with Gasteiger partial charge in [0.05, 0.1) is 0 Å². The molecule has 1 N–H and O–H groups in total. The minimum absolute atomic E-state index is 0.0126. The molecule has 0 heterocycles. The molecule has 0 spiro atoms. The molecule has 1 fully saturated rings. The van der Waals surface area contributed by atoms with Crippen LogP contribution in [0.15, 0.2) is 0 Å². The van der Waals surface area contributed by atoms with Crippen LogP contribution in [0.2, 0.25) is 0 Å². The average molecular weight is 283 g/mol. The van der Waals surface area contributed by atoms with Gasteiger partial charge in [0.25, 0.3) is 0 Å². The van der Waals surface area contributed by atoms with Gasteiger partial charge in [0, 0.05) is 5.92 Å². The maximum atomic E-state index is 12.3. The summed E-state index contributed by atoms with van der Waals surface area (Å²) in [7, 11) is 0. The molecule has 20 heavy (non-hydrogen) atoms. The van der Waals surface area contributed by atoms with Crippen LogP contribution in [0.5, 0.6) is 0 Å². The Kier molecular flexibility index (Phi) is 6.03. The van der Waals surface area contributed by atoms with Crippen LogP contribution < -0.4 is 5.32 Å². The molecular weight excluding hydrogens is 254 g/mol. The molecule has 1 saturated carbocycles. The predicted octanol–water partition coefficient (Wildman–Crippen LogP) is 3.05. The molecule has 1 aliphatic rings. The minimum atomic E-state index is -0.535. The Morgan fingerprint density at radius 1 is 1.25 bits per heavy atom. The van der Waals surface area contributed by atoms with Gasteiger partial charge in [0.15, 0.2) is 0 Å². The Balaban J connectivity index is 2.68. The zero-order valence-corrected chi connectivity index (χ0v) is 13.5. The van der Waals surface area contributed by atoms with Crippen LogP contribution in [0.4, 0.5) is 0 Å². The molecule has 1 amide bonds. The van der Waals surface area contributed by atoms with Crippen molar-refractivity contribution in [3.63, 3.8) is 0 Å². The molecule has 0 radical (unpaired) electrons. The second-order valence-electron chi connectivity index (χ2n) is 6.89. The van der Waals surface area contributed by atoms with E-state index < -0.39 is 11.6 Å². The van der Waals surface area contributed by atoms with Crippen LogP contribution in [0.25, 0.3) is 0 Å². The zero-order valence-electron chi connectivity index (χ0n) is 13.5. The lowest BCUT2D eigenvalue weighted by molar-refractivity contribution is -0.160. The molecule has 1 aliphatic carbocycles. The van der Waals surface area contributed by atoms with Crippen LogP contribution in [0.3, 0.4) is 0 Å². The summed E-state index contributed by atoms with van der Waals surface area (Å²) in [6.07, 6.45) is 4.92. The number of carbonyl (C=O) groups is 2. The first kappa shape index (κ1) is 17.0. The van der Waals surface area contributed by atoms with Gasteiger partial charge < -0.3 is 10.1 Å². The lowest BCUT2D eigenvalue weighted by atomic mass is 9.97. The first-order chi connectivity index (χ1) is 9.24. The normalized spacial score (nSPS) is 19.4. The first-order valence-electron chi connectivity index (χ1n) is 7.78. The summed E-state index contributed by atoms with van der Waals surface area (Å²) in [5.74, 6) is -0.156. The van der Waals surface area contributed by atoms with Crippen molar-refractivity contribution in [2.75, 3.05) is 0 Å². The fraction of sp³-hybridized carbons (Fsp3) is 0.875. The van der Waals surface area contributed by atoms with E-state index in [4.69, 9.17) is 4.74 Å². The molecule has 0 saturated heterocycles. The fourth-order valence-electron chi connectivity index (χ4n) is 2.49. The van der Waals surface area contributed by atoms with Crippen molar-refractivity contribution in [2.45, 2.75) is 78.4 Å². The average Bonchev–Trinajstić information content (AvgIpc) is 2.86. The predicted molar refractivity (Wildman–Crippen MR) is 79.2 cm³/mol. The third-order valence-electron chi connectivity index (χ3n) is 3.90. The van der Waals surface area contributed by atoms with E-state index in [1.807, 2.05) is 34.6 Å². The van der Waals surface area contributed by atoms with Crippen molar-refractivity contribution in [1.82, 2.24) is 5.32 Å². The highest BCUT2D eigenvalue weighted by atomic mass is 16.6. The molecule has 0 aromatic rings. The van der Waals surface area contributed by atoms with Gasteiger partial charge in [-0.15, -0.1) is 0 Å². The molecule has 0 aromatic carbocycles. The van der Waals surface area contributed by atoms with Crippen LogP contribution in [0, 0.1) is 11.8 Å². The number of esters is 1. The minimum Gasteiger partial charge on any atom is -0.458 e. The summed E-state index contributed by atoms with van der Waals surface area (Å²) in [4.78, 5) is 24.5. The highest BCUT2D eigenvalue weighted by Crippen LogP contribution is 2.25. The monoisotopic (exact) mass is 283 g/mol. The number of hydrogen-bond donors (Lipinski definition) is 1. The summed E-state index contributed by atoms with van der Waals surface area (Å²) < 4.78 is 5.43. The largest absolute Gasteiger partial charge is 0.458 e. The van der Waals surface area contributed by atoms with Gasteiger partial charge in [0.2, 0.25) is 5.91 Å². The summed E-state index contributed by atoms with van der Waals surface area (Å²) >= 11 is 0. The lowest BCUT2D eigenvalue weighted by Gasteiger charge is -2.28. The zero-order chi connectivity index (χ0) is 15.3. The van der Waals surface area contributed by atoms with Crippen molar-refractivity contribution < 1.29 is 14.3 Å². The number of amides is 1. The van der Waals surface area contributed by atoms with Crippen LogP contribution in [-0.2, 0) is 14.3 Å². The van der Waals surface area contributed by atoms with E-state index in [2.05, 4.69) is 5.32 Å². The van der Waals surface area contributed by atoms with E-state index in [1.165, 1.54) is 0 Å². The summed E-state index contributed by atoms with van der Waals surface area (Å²) in [6, 6.07) is -0.535. The summed E-state index contributed by atoms with van der Waals surface area (Å²) in [5.41, 5.74) is -0.527. The van der Waals surface area contributed by atoms with Gasteiger partial charge in [0.1, 0.15) is 11.6 Å². The number of ether oxygens (including phenoxy) is 1. The van der Waals surface area contributed by atoms with Crippen molar-refractivity contribution in [1.29, 1.82) is 0 Å². The van der Waals surface area contributed by atoms with Gasteiger partial charge in [-0.2, -0.15) is 0 Å². The first-order valence-corrected chi connectivity index (χ1v) is 7.78. The maximum absolute atomic E-state index is 12.3. The Morgan fingerprint density at radius 2 is 1.80 bits per heavy atom. The van der Waals surface area contributed by atoms with E-state index in [-0.39, 0.29) is 23.7 Å². The second-order valence-corrected chi connectivity index (χ2v) is 6.89. The van der Waals surface area contributed by atoms with E-state index >= 15 is 0 Å². The van der Waals surface area contributed by atoms with Crippen molar-refractivity contribution in [3.05, 3.63) is 0 Å². The molecule has 4 nitrogen and oxygen atoms in total. The van der Waals surface area contributed by atoms with E-state index in [0.717, 1.165) is 32.1 Å². The third-order valence-corrected chi connectivity index (χ3v) is 3.90. The van der Waals surface area contributed by atoms with Gasteiger partial charge in [-0.05, 0) is 39.5 Å². The van der Waals surface area contributed by atoms with Crippen molar-refractivity contribution in [2.24, 2.45) is 11.8 Å². The van der Waals surface area contributed by atoms with Gasteiger partial charge in [-0.25, -0.2) is 4.79 Å². The standard InChI is InChI=1S/C16H29NO3/c1-6-11(2)13(15(19)20-16(3,4)5)17-14(18)12-9-7-8-10-12/h11-13H,6-10H2,1-5H3,(H,17,18)/t11-,13-/m0/s1. The molecule has 0 aliphatic heterocycles. The third kappa shape index (κ3) is 5.14. The van der Waals surface area contributed by atoms with Gasteiger partial charge >= 0.3 is 5.97 Å². The molecular formula is C16H29NO3. The Morgan fingerprint density at radius 3 is 2.25 bits per heavy atom. The SMILES string of the molecule is CC[C@H](C)[C@H](NC(=O)C1CCCC1)C(=O)OC(C)(C)C. The number of carbonyl (C=O) groups excluding carboxylic acids is 2. The summed E-state index contributed by atoms with van der Waals surface area (Å²) in [6.45, 7) is 9.53. The smallest absolute Gasteiger partial charge is 0.329 e. The van der Waals surface area contributed by atoms with Crippen LogP contribution in [0.1, 0.15) is 66.7 Å². The van der Waals surface area contributed by atoms with Crippen molar-refractivity contribution >= 4 is 11.9 Å². The number of nitrogens with one attached hydrogen (secondary N) is 1. The van der Waals surface area contributed by atoms with E-state index in [9.17, 15) is 9.59 Å². The Hall–Kier alpha value is -1.06. The van der Waals surface area contributed by atoms with Crippen LogP contribution >= 0.6 is 0 Å².